The Bertz CT molecular complexity index is 325. The highest BCUT2D eigenvalue weighted by atomic mass is 127. The van der Waals surface area contributed by atoms with Gasteiger partial charge in [-0.2, -0.15) is 0 Å². The van der Waals surface area contributed by atoms with E-state index in [1.54, 1.807) is 0 Å². The van der Waals surface area contributed by atoms with Crippen molar-refractivity contribution in [3.63, 3.8) is 0 Å². The topological polar surface area (TPSA) is 52.1 Å². The van der Waals surface area contributed by atoms with E-state index in [1.165, 1.54) is 0 Å². The fourth-order valence-electron chi connectivity index (χ4n) is 2.96. The summed E-state index contributed by atoms with van der Waals surface area (Å²) in [6.45, 7) is 16.9. The summed E-state index contributed by atoms with van der Waals surface area (Å²) >= 11 is 0. The van der Waals surface area contributed by atoms with Gasteiger partial charge in [0.15, 0.2) is 5.96 Å². The molecule has 1 saturated heterocycles. The summed E-state index contributed by atoms with van der Waals surface area (Å²) in [6, 6.07) is 1.20. The summed E-state index contributed by atoms with van der Waals surface area (Å²) in [4.78, 5) is 9.24. The summed E-state index contributed by atoms with van der Waals surface area (Å²) in [5, 5.41) is 6.80. The molecule has 0 atom stereocenters. The van der Waals surface area contributed by atoms with E-state index in [9.17, 15) is 0 Å². The first-order chi connectivity index (χ1) is 11.0. The van der Waals surface area contributed by atoms with Crippen LogP contribution >= 0.6 is 24.0 Å². The van der Waals surface area contributed by atoms with Crippen molar-refractivity contribution in [2.45, 2.75) is 46.2 Å². The third-order valence-corrected chi connectivity index (χ3v) is 4.26. The third kappa shape index (κ3) is 10.0. The van der Waals surface area contributed by atoms with Crippen LogP contribution in [0, 0.1) is 0 Å². The minimum absolute atomic E-state index is 0. The molecular formula is C17H38IN5O. The van der Waals surface area contributed by atoms with Crippen molar-refractivity contribution in [3.05, 3.63) is 0 Å². The molecule has 0 amide bonds. The van der Waals surface area contributed by atoms with Crippen LogP contribution in [0.4, 0.5) is 0 Å². The van der Waals surface area contributed by atoms with Gasteiger partial charge in [0.25, 0.3) is 0 Å². The SMILES string of the molecule is CN=C(NCCCN(C(C)C)C(C)C)NCCN1CCOCC1.I. The van der Waals surface area contributed by atoms with Crippen LogP contribution in [0.1, 0.15) is 34.1 Å². The average molecular weight is 455 g/mol. The highest BCUT2D eigenvalue weighted by Crippen LogP contribution is 2.05. The molecule has 0 unspecified atom stereocenters. The van der Waals surface area contributed by atoms with Gasteiger partial charge in [-0.1, -0.05) is 0 Å². The van der Waals surface area contributed by atoms with E-state index in [0.717, 1.165) is 64.9 Å². The van der Waals surface area contributed by atoms with Crippen LogP contribution < -0.4 is 10.6 Å². The lowest BCUT2D eigenvalue weighted by Gasteiger charge is -2.30. The average Bonchev–Trinajstić information content (AvgIpc) is 2.53. The molecule has 24 heavy (non-hydrogen) atoms. The zero-order valence-corrected chi connectivity index (χ0v) is 18.5. The monoisotopic (exact) mass is 455 g/mol. The lowest BCUT2D eigenvalue weighted by Crippen LogP contribution is -2.45. The summed E-state index contributed by atoms with van der Waals surface area (Å²) < 4.78 is 5.36. The van der Waals surface area contributed by atoms with Gasteiger partial charge in [0.05, 0.1) is 13.2 Å². The normalized spacial score (nSPS) is 16.6. The fourth-order valence-corrected chi connectivity index (χ4v) is 2.96. The number of halogens is 1. The molecule has 0 spiro atoms. The number of hydrogen-bond donors (Lipinski definition) is 2. The number of nitrogens with zero attached hydrogens (tertiary/aromatic N) is 3. The molecule has 1 aliphatic heterocycles. The number of guanidine groups is 1. The Morgan fingerprint density at radius 1 is 1.08 bits per heavy atom. The third-order valence-electron chi connectivity index (χ3n) is 4.26. The van der Waals surface area contributed by atoms with Gasteiger partial charge >= 0.3 is 0 Å². The Hall–Kier alpha value is -0.120. The molecule has 1 aliphatic rings. The van der Waals surface area contributed by atoms with E-state index in [-0.39, 0.29) is 24.0 Å². The molecule has 0 aromatic heterocycles. The van der Waals surface area contributed by atoms with Crippen LogP contribution in [0.5, 0.6) is 0 Å². The van der Waals surface area contributed by atoms with Crippen molar-refractivity contribution < 1.29 is 4.74 Å². The Morgan fingerprint density at radius 3 is 2.21 bits per heavy atom. The van der Waals surface area contributed by atoms with Crippen LogP contribution in [0.3, 0.4) is 0 Å². The molecule has 0 aromatic carbocycles. The Morgan fingerprint density at radius 2 is 1.67 bits per heavy atom. The lowest BCUT2D eigenvalue weighted by molar-refractivity contribution is 0.0389. The second-order valence-electron chi connectivity index (χ2n) is 6.66. The molecule has 7 heteroatoms. The maximum Gasteiger partial charge on any atom is 0.191 e. The molecular weight excluding hydrogens is 417 g/mol. The minimum atomic E-state index is 0. The molecule has 2 N–H and O–H groups in total. The van der Waals surface area contributed by atoms with Crippen molar-refractivity contribution in [2.75, 3.05) is 59.5 Å². The van der Waals surface area contributed by atoms with E-state index in [0.29, 0.717) is 12.1 Å². The summed E-state index contributed by atoms with van der Waals surface area (Å²) in [6.07, 6.45) is 1.13. The minimum Gasteiger partial charge on any atom is -0.379 e. The fraction of sp³-hybridized carbons (Fsp3) is 0.941. The zero-order chi connectivity index (χ0) is 17.1. The second-order valence-corrected chi connectivity index (χ2v) is 6.66. The molecule has 1 fully saturated rings. The standard InChI is InChI=1S/C17H37N5O.HI/c1-15(2)22(16(3)4)9-6-7-19-17(18-5)20-8-10-21-11-13-23-14-12-21;/h15-16H,6-14H2,1-5H3,(H2,18,19,20);1H. The number of nitrogens with one attached hydrogen (secondary N) is 2. The first-order valence-corrected chi connectivity index (χ1v) is 9.05. The smallest absolute Gasteiger partial charge is 0.191 e. The van der Waals surface area contributed by atoms with Crippen LogP contribution in [0.15, 0.2) is 4.99 Å². The zero-order valence-electron chi connectivity index (χ0n) is 16.2. The molecule has 144 valence electrons. The maximum atomic E-state index is 5.36. The molecule has 1 rings (SSSR count). The van der Waals surface area contributed by atoms with Gasteiger partial charge in [-0.25, -0.2) is 0 Å². The number of morpholine rings is 1. The van der Waals surface area contributed by atoms with Crippen molar-refractivity contribution in [1.29, 1.82) is 0 Å². The van der Waals surface area contributed by atoms with Gasteiger partial charge in [-0.15, -0.1) is 24.0 Å². The van der Waals surface area contributed by atoms with E-state index < -0.39 is 0 Å². The van der Waals surface area contributed by atoms with Gasteiger partial charge in [0.1, 0.15) is 0 Å². The van der Waals surface area contributed by atoms with Crippen LogP contribution in [-0.4, -0.2) is 87.4 Å². The van der Waals surface area contributed by atoms with Crippen molar-refractivity contribution in [2.24, 2.45) is 4.99 Å². The van der Waals surface area contributed by atoms with E-state index >= 15 is 0 Å². The highest BCUT2D eigenvalue weighted by Gasteiger charge is 2.12. The summed E-state index contributed by atoms with van der Waals surface area (Å²) in [5.74, 6) is 0.902. The highest BCUT2D eigenvalue weighted by molar-refractivity contribution is 14.0. The molecule has 0 radical (unpaired) electrons. The first-order valence-electron chi connectivity index (χ1n) is 9.05. The largest absolute Gasteiger partial charge is 0.379 e. The number of ether oxygens (including phenoxy) is 1. The molecule has 0 aliphatic carbocycles. The molecule has 6 nitrogen and oxygen atoms in total. The Kier molecular flexibility index (Phi) is 14.0. The summed E-state index contributed by atoms with van der Waals surface area (Å²) in [5.41, 5.74) is 0. The number of aliphatic imine (C=N–C) groups is 1. The van der Waals surface area contributed by atoms with Crippen molar-refractivity contribution >= 4 is 29.9 Å². The Balaban J connectivity index is 0.00000529. The van der Waals surface area contributed by atoms with E-state index in [1.807, 2.05) is 7.05 Å². The second kappa shape index (κ2) is 14.1. The van der Waals surface area contributed by atoms with Gasteiger partial charge < -0.3 is 15.4 Å². The predicted octanol–water partition coefficient (Wildman–Crippen LogP) is 1.61. The first kappa shape index (κ1) is 23.9. The molecule has 1 heterocycles. The molecule has 0 bridgehead atoms. The predicted molar refractivity (Wildman–Crippen MR) is 114 cm³/mol. The quantitative estimate of drug-likeness (QED) is 0.240. The van der Waals surface area contributed by atoms with Crippen LogP contribution in [-0.2, 0) is 4.74 Å². The maximum absolute atomic E-state index is 5.36. The van der Waals surface area contributed by atoms with E-state index in [2.05, 4.69) is 53.1 Å². The van der Waals surface area contributed by atoms with Crippen LogP contribution in [0.2, 0.25) is 0 Å². The van der Waals surface area contributed by atoms with Gasteiger partial charge in [0, 0.05) is 58.4 Å². The summed E-state index contributed by atoms with van der Waals surface area (Å²) in [7, 11) is 1.83. The van der Waals surface area contributed by atoms with Crippen LogP contribution in [0.25, 0.3) is 0 Å². The van der Waals surface area contributed by atoms with Crippen molar-refractivity contribution in [3.8, 4) is 0 Å². The van der Waals surface area contributed by atoms with Crippen molar-refractivity contribution in [1.82, 2.24) is 20.4 Å². The van der Waals surface area contributed by atoms with E-state index in [4.69, 9.17) is 4.74 Å². The molecule has 0 aromatic rings. The van der Waals surface area contributed by atoms with Gasteiger partial charge in [-0.05, 0) is 34.1 Å². The van der Waals surface area contributed by atoms with Gasteiger partial charge in [0.2, 0.25) is 0 Å². The van der Waals surface area contributed by atoms with Gasteiger partial charge in [-0.3, -0.25) is 14.8 Å². The lowest BCUT2D eigenvalue weighted by atomic mass is 10.2. The number of hydrogen-bond acceptors (Lipinski definition) is 4. The number of rotatable bonds is 9. The Labute approximate surface area is 165 Å². The molecule has 0 saturated carbocycles.